The maximum Gasteiger partial charge on any atom is 0.240 e. The molecule has 0 unspecified atom stereocenters. The molecule has 20 heavy (non-hydrogen) atoms. The molecule has 0 aliphatic carbocycles. The largest absolute Gasteiger partial charge is 0.495 e. The topological polar surface area (TPSA) is 81.4 Å². The Kier molecular flexibility index (Phi) is 4.64. The summed E-state index contributed by atoms with van der Waals surface area (Å²) in [6.45, 7) is 0.243. The standard InChI is InChI=1S/C12H13ClN2O4S/c1-18-12-3-2-10(6-11(12)13)20(16,17)15-5-4-9-7-14-19-8-9/h2-3,6-8,15H,4-5H2,1H3. The molecule has 2 aromatic rings. The molecule has 0 saturated heterocycles. The molecule has 1 aromatic carbocycles. The molecule has 0 bridgehead atoms. The van der Waals surface area contributed by atoms with Crippen molar-refractivity contribution in [3.8, 4) is 5.75 Å². The number of hydrogen-bond donors (Lipinski definition) is 1. The Hall–Kier alpha value is -1.57. The molecule has 1 heterocycles. The molecule has 0 amide bonds. The normalized spacial score (nSPS) is 11.5. The second-order valence-electron chi connectivity index (χ2n) is 3.98. The van der Waals surface area contributed by atoms with Crippen LogP contribution in [0.1, 0.15) is 5.56 Å². The van der Waals surface area contributed by atoms with Crippen molar-refractivity contribution in [2.45, 2.75) is 11.3 Å². The lowest BCUT2D eigenvalue weighted by molar-refractivity contribution is 0.414. The number of sulfonamides is 1. The van der Waals surface area contributed by atoms with Crippen molar-refractivity contribution in [1.82, 2.24) is 9.88 Å². The second-order valence-corrected chi connectivity index (χ2v) is 6.15. The smallest absolute Gasteiger partial charge is 0.240 e. The van der Waals surface area contributed by atoms with E-state index in [1.54, 1.807) is 6.20 Å². The van der Waals surface area contributed by atoms with Gasteiger partial charge in [-0.15, -0.1) is 0 Å². The average Bonchev–Trinajstić information content (AvgIpc) is 2.91. The number of nitrogens with zero attached hydrogens (tertiary/aromatic N) is 1. The molecule has 8 heteroatoms. The van der Waals surface area contributed by atoms with E-state index in [1.165, 1.54) is 31.6 Å². The second kappa shape index (κ2) is 6.25. The summed E-state index contributed by atoms with van der Waals surface area (Å²) in [4.78, 5) is 0.0913. The maximum atomic E-state index is 12.1. The van der Waals surface area contributed by atoms with Crippen molar-refractivity contribution in [1.29, 1.82) is 0 Å². The molecular formula is C12H13ClN2O4S. The molecule has 1 aromatic heterocycles. The van der Waals surface area contributed by atoms with Crippen LogP contribution in [0.25, 0.3) is 0 Å². The molecule has 0 radical (unpaired) electrons. The van der Waals surface area contributed by atoms with Gasteiger partial charge in [-0.05, 0) is 24.6 Å². The third kappa shape index (κ3) is 3.50. The Morgan fingerprint density at radius 1 is 1.45 bits per heavy atom. The van der Waals surface area contributed by atoms with E-state index < -0.39 is 10.0 Å². The summed E-state index contributed by atoms with van der Waals surface area (Å²) in [5.74, 6) is 0.426. The molecule has 1 N–H and O–H groups in total. The number of nitrogens with one attached hydrogen (secondary N) is 1. The number of halogens is 1. The zero-order chi connectivity index (χ0) is 14.6. The van der Waals surface area contributed by atoms with Crippen molar-refractivity contribution >= 4 is 21.6 Å². The fourth-order valence-electron chi connectivity index (χ4n) is 1.58. The molecule has 6 nitrogen and oxygen atoms in total. The van der Waals surface area contributed by atoms with Crippen molar-refractivity contribution in [3.05, 3.63) is 41.2 Å². The lowest BCUT2D eigenvalue weighted by atomic mass is 10.3. The molecule has 0 saturated carbocycles. The van der Waals surface area contributed by atoms with Gasteiger partial charge in [0.15, 0.2) is 0 Å². The van der Waals surface area contributed by atoms with Crippen molar-refractivity contribution in [2.75, 3.05) is 13.7 Å². The zero-order valence-electron chi connectivity index (χ0n) is 10.7. The highest BCUT2D eigenvalue weighted by Gasteiger charge is 2.15. The first-order valence-corrected chi connectivity index (χ1v) is 7.60. The van der Waals surface area contributed by atoms with Gasteiger partial charge in [0.1, 0.15) is 12.0 Å². The van der Waals surface area contributed by atoms with E-state index in [-0.39, 0.29) is 16.5 Å². The molecular weight excluding hydrogens is 304 g/mol. The van der Waals surface area contributed by atoms with Crippen LogP contribution < -0.4 is 9.46 Å². The minimum atomic E-state index is -3.60. The third-order valence-corrected chi connectivity index (χ3v) is 4.38. The highest BCUT2D eigenvalue weighted by Crippen LogP contribution is 2.26. The van der Waals surface area contributed by atoms with Gasteiger partial charge in [0, 0.05) is 12.1 Å². The van der Waals surface area contributed by atoms with Crippen LogP contribution in [-0.4, -0.2) is 27.2 Å². The molecule has 0 fully saturated rings. The first kappa shape index (κ1) is 14.8. The van der Waals surface area contributed by atoms with Crippen molar-refractivity contribution in [3.63, 3.8) is 0 Å². The summed E-state index contributed by atoms with van der Waals surface area (Å²) in [5.41, 5.74) is 0.820. The highest BCUT2D eigenvalue weighted by atomic mass is 35.5. The summed E-state index contributed by atoms with van der Waals surface area (Å²) < 4.78 is 36.3. The van der Waals surface area contributed by atoms with Crippen LogP contribution in [0.2, 0.25) is 5.02 Å². The maximum absolute atomic E-state index is 12.1. The van der Waals surface area contributed by atoms with Gasteiger partial charge >= 0.3 is 0 Å². The summed E-state index contributed by atoms with van der Waals surface area (Å²) in [7, 11) is -2.14. The Balaban J connectivity index is 2.04. The first-order chi connectivity index (χ1) is 9.53. The van der Waals surface area contributed by atoms with Gasteiger partial charge < -0.3 is 9.26 Å². The number of hydrogen-bond acceptors (Lipinski definition) is 5. The van der Waals surface area contributed by atoms with Gasteiger partial charge in [0.05, 0.1) is 23.2 Å². The van der Waals surface area contributed by atoms with Crippen LogP contribution in [0, 0.1) is 0 Å². The summed E-state index contributed by atoms with van der Waals surface area (Å²) in [6, 6.07) is 4.30. The minimum Gasteiger partial charge on any atom is -0.495 e. The quantitative estimate of drug-likeness (QED) is 0.879. The fraction of sp³-hybridized carbons (Fsp3) is 0.250. The predicted molar refractivity (Wildman–Crippen MR) is 73.4 cm³/mol. The van der Waals surface area contributed by atoms with E-state index in [4.69, 9.17) is 16.3 Å². The van der Waals surface area contributed by atoms with Gasteiger partial charge in [0.25, 0.3) is 0 Å². The predicted octanol–water partition coefficient (Wildman–Crippen LogP) is 1.86. The number of ether oxygens (including phenoxy) is 1. The lowest BCUT2D eigenvalue weighted by Crippen LogP contribution is -2.25. The molecule has 2 rings (SSSR count). The van der Waals surface area contributed by atoms with Crippen LogP contribution in [0.5, 0.6) is 5.75 Å². The molecule has 0 atom stereocenters. The monoisotopic (exact) mass is 316 g/mol. The van der Waals surface area contributed by atoms with E-state index in [9.17, 15) is 8.42 Å². The van der Waals surface area contributed by atoms with Crippen molar-refractivity contribution < 1.29 is 17.7 Å². The molecule has 0 aliphatic heterocycles. The lowest BCUT2D eigenvalue weighted by Gasteiger charge is -2.08. The first-order valence-electron chi connectivity index (χ1n) is 5.74. The number of rotatable bonds is 6. The van der Waals surface area contributed by atoms with Gasteiger partial charge in [-0.2, -0.15) is 0 Å². The minimum absolute atomic E-state index is 0.0913. The summed E-state index contributed by atoms with van der Waals surface area (Å²) >= 11 is 5.91. The Bertz CT molecular complexity index is 671. The van der Waals surface area contributed by atoms with E-state index in [1.807, 2.05) is 0 Å². The highest BCUT2D eigenvalue weighted by molar-refractivity contribution is 7.89. The Morgan fingerprint density at radius 3 is 2.85 bits per heavy atom. The SMILES string of the molecule is COc1ccc(S(=O)(=O)NCCc2cnoc2)cc1Cl. The number of benzene rings is 1. The van der Waals surface area contributed by atoms with Gasteiger partial charge in [-0.3, -0.25) is 0 Å². The molecule has 0 aliphatic rings. The van der Waals surface area contributed by atoms with Crippen LogP contribution in [0.3, 0.4) is 0 Å². The fourth-order valence-corrected chi connectivity index (χ4v) is 2.96. The molecule has 108 valence electrons. The van der Waals surface area contributed by atoms with Gasteiger partial charge in [0.2, 0.25) is 10.0 Å². The summed E-state index contributed by atoms with van der Waals surface area (Å²) in [6.07, 6.45) is 3.50. The van der Waals surface area contributed by atoms with Crippen LogP contribution in [0.15, 0.2) is 40.1 Å². The van der Waals surface area contributed by atoms with Gasteiger partial charge in [-0.1, -0.05) is 16.8 Å². The van der Waals surface area contributed by atoms with E-state index in [2.05, 4.69) is 14.4 Å². The van der Waals surface area contributed by atoms with Crippen molar-refractivity contribution in [2.24, 2.45) is 0 Å². The Labute approximate surface area is 121 Å². The Morgan fingerprint density at radius 2 is 2.25 bits per heavy atom. The van der Waals surface area contributed by atoms with E-state index >= 15 is 0 Å². The average molecular weight is 317 g/mol. The van der Waals surface area contributed by atoms with E-state index in [0.717, 1.165) is 5.56 Å². The molecule has 0 spiro atoms. The van der Waals surface area contributed by atoms with Crippen LogP contribution in [-0.2, 0) is 16.4 Å². The van der Waals surface area contributed by atoms with E-state index in [0.29, 0.717) is 12.2 Å². The van der Waals surface area contributed by atoms with Crippen LogP contribution in [0.4, 0.5) is 0 Å². The number of methoxy groups -OCH3 is 1. The van der Waals surface area contributed by atoms with Crippen LogP contribution >= 0.6 is 11.6 Å². The van der Waals surface area contributed by atoms with Gasteiger partial charge in [-0.25, -0.2) is 13.1 Å². The summed E-state index contributed by atoms with van der Waals surface area (Å²) in [5, 5.41) is 3.79. The number of aromatic nitrogens is 1. The zero-order valence-corrected chi connectivity index (χ0v) is 12.2. The third-order valence-electron chi connectivity index (χ3n) is 2.62.